The first-order valence-corrected chi connectivity index (χ1v) is 4.23. The Labute approximate surface area is 66.5 Å². The van der Waals surface area contributed by atoms with E-state index in [9.17, 15) is 4.79 Å². The van der Waals surface area contributed by atoms with E-state index >= 15 is 0 Å². The minimum absolute atomic E-state index is 0.173. The van der Waals surface area contributed by atoms with Gasteiger partial charge in [-0.25, -0.2) is 0 Å². The summed E-state index contributed by atoms with van der Waals surface area (Å²) in [6.07, 6.45) is 1.40. The zero-order valence-corrected chi connectivity index (χ0v) is 6.62. The van der Waals surface area contributed by atoms with E-state index in [1.807, 2.05) is 0 Å². The number of piperidine rings is 1. The van der Waals surface area contributed by atoms with Crippen molar-refractivity contribution in [2.75, 3.05) is 26.2 Å². The Balaban J connectivity index is 1.75. The summed E-state index contributed by atoms with van der Waals surface area (Å²) in [4.78, 5) is 13.2. The van der Waals surface area contributed by atoms with Gasteiger partial charge in [0.15, 0.2) is 5.78 Å². The molecule has 2 rings (SSSR count). The van der Waals surface area contributed by atoms with Crippen molar-refractivity contribution in [3.63, 3.8) is 0 Å². The van der Waals surface area contributed by atoms with Crippen LogP contribution in [0.1, 0.15) is 6.42 Å². The van der Waals surface area contributed by atoms with Crippen LogP contribution in [0.25, 0.3) is 0 Å². The van der Waals surface area contributed by atoms with Crippen molar-refractivity contribution in [3.8, 4) is 0 Å². The van der Waals surface area contributed by atoms with E-state index in [1.54, 1.807) is 0 Å². The smallest absolute Gasteiger partial charge is 0.160 e. The second kappa shape index (κ2) is 2.57. The van der Waals surface area contributed by atoms with Crippen molar-refractivity contribution in [2.24, 2.45) is 17.6 Å². The molecule has 0 aromatic carbocycles. The molecule has 62 valence electrons. The number of carbonyl (C=O) groups excluding carboxylic acids is 1. The first-order valence-electron chi connectivity index (χ1n) is 4.23. The lowest BCUT2D eigenvalue weighted by molar-refractivity contribution is -0.118. The molecule has 2 fully saturated rings. The number of nitrogens with two attached hydrogens (primary N) is 1. The van der Waals surface area contributed by atoms with Gasteiger partial charge in [-0.15, -0.1) is 0 Å². The number of nitrogens with zero attached hydrogens (tertiary/aromatic N) is 1. The van der Waals surface area contributed by atoms with E-state index in [1.165, 1.54) is 6.42 Å². The SMILES string of the molecule is NCC(=O)CN1CC2CC2C1. The summed E-state index contributed by atoms with van der Waals surface area (Å²) in [6.45, 7) is 3.06. The first-order chi connectivity index (χ1) is 5.29. The number of hydrogen-bond acceptors (Lipinski definition) is 3. The zero-order valence-electron chi connectivity index (χ0n) is 6.62. The molecule has 0 amide bonds. The fraction of sp³-hybridized carbons (Fsp3) is 0.875. The Morgan fingerprint density at radius 2 is 2.09 bits per heavy atom. The molecule has 1 saturated heterocycles. The molecule has 2 N–H and O–H groups in total. The molecule has 2 atom stereocenters. The molecule has 0 bridgehead atoms. The lowest BCUT2D eigenvalue weighted by Gasteiger charge is -2.14. The quantitative estimate of drug-likeness (QED) is 0.594. The van der Waals surface area contributed by atoms with E-state index in [-0.39, 0.29) is 12.3 Å². The van der Waals surface area contributed by atoms with Gasteiger partial charge in [0.1, 0.15) is 0 Å². The number of ketones is 1. The molecular formula is C8H14N2O. The van der Waals surface area contributed by atoms with E-state index in [4.69, 9.17) is 5.73 Å². The van der Waals surface area contributed by atoms with E-state index in [0.29, 0.717) is 6.54 Å². The summed E-state index contributed by atoms with van der Waals surface area (Å²) in [5.41, 5.74) is 5.22. The molecule has 0 radical (unpaired) electrons. The van der Waals surface area contributed by atoms with Gasteiger partial charge in [0.25, 0.3) is 0 Å². The van der Waals surface area contributed by atoms with Gasteiger partial charge in [-0.2, -0.15) is 0 Å². The Hall–Kier alpha value is -0.410. The van der Waals surface area contributed by atoms with Gasteiger partial charge in [-0.1, -0.05) is 0 Å². The first kappa shape index (κ1) is 7.25. The van der Waals surface area contributed by atoms with Gasteiger partial charge in [-0.05, 0) is 18.3 Å². The van der Waals surface area contributed by atoms with Crippen molar-refractivity contribution >= 4 is 5.78 Å². The lowest BCUT2D eigenvalue weighted by atomic mass is 10.3. The molecule has 1 aliphatic carbocycles. The molecule has 2 aliphatic rings. The van der Waals surface area contributed by atoms with Crippen molar-refractivity contribution in [2.45, 2.75) is 6.42 Å². The summed E-state index contributed by atoms with van der Waals surface area (Å²) in [5.74, 6) is 2.01. The van der Waals surface area contributed by atoms with Crippen LogP contribution in [0.5, 0.6) is 0 Å². The summed E-state index contributed by atoms with van der Waals surface area (Å²) < 4.78 is 0. The molecule has 11 heavy (non-hydrogen) atoms. The standard InChI is InChI=1S/C8H14N2O/c9-2-8(11)5-10-3-6-1-7(6)4-10/h6-7H,1-5,9H2. The van der Waals surface area contributed by atoms with Gasteiger partial charge in [-0.3, -0.25) is 9.69 Å². The van der Waals surface area contributed by atoms with E-state index in [2.05, 4.69) is 4.90 Å². The number of Topliss-reactive ketones (excluding diaryl/α,β-unsaturated/α-hetero) is 1. The maximum absolute atomic E-state index is 10.9. The van der Waals surface area contributed by atoms with Crippen LogP contribution >= 0.6 is 0 Å². The van der Waals surface area contributed by atoms with Crippen molar-refractivity contribution in [1.82, 2.24) is 4.90 Å². The second-order valence-electron chi connectivity index (χ2n) is 3.69. The molecule has 1 saturated carbocycles. The Bertz CT molecular complexity index is 171. The fourth-order valence-corrected chi connectivity index (χ4v) is 1.94. The van der Waals surface area contributed by atoms with Crippen LogP contribution in [0.3, 0.4) is 0 Å². The van der Waals surface area contributed by atoms with Crippen LogP contribution in [0.4, 0.5) is 0 Å². The molecular weight excluding hydrogens is 140 g/mol. The third-order valence-electron chi connectivity index (χ3n) is 2.68. The maximum atomic E-state index is 10.9. The highest BCUT2D eigenvalue weighted by atomic mass is 16.1. The molecule has 2 unspecified atom stereocenters. The average molecular weight is 154 g/mol. The number of fused-ring (bicyclic) bond motifs is 1. The predicted molar refractivity (Wildman–Crippen MR) is 42.1 cm³/mol. The molecule has 0 aromatic rings. The van der Waals surface area contributed by atoms with Crippen LogP contribution in [0, 0.1) is 11.8 Å². The van der Waals surface area contributed by atoms with E-state index in [0.717, 1.165) is 24.9 Å². The number of rotatable bonds is 3. The van der Waals surface area contributed by atoms with Gasteiger partial charge in [0.05, 0.1) is 13.1 Å². The van der Waals surface area contributed by atoms with Gasteiger partial charge in [0, 0.05) is 13.1 Å². The highest BCUT2D eigenvalue weighted by molar-refractivity contribution is 5.82. The van der Waals surface area contributed by atoms with E-state index < -0.39 is 0 Å². The minimum atomic E-state index is 0.173. The molecule has 0 spiro atoms. The Morgan fingerprint density at radius 3 is 2.64 bits per heavy atom. The predicted octanol–water partition coefficient (Wildman–Crippen LogP) is -0.534. The summed E-state index contributed by atoms with van der Waals surface area (Å²) >= 11 is 0. The second-order valence-corrected chi connectivity index (χ2v) is 3.69. The maximum Gasteiger partial charge on any atom is 0.160 e. The Kier molecular flexibility index (Phi) is 1.69. The highest BCUT2D eigenvalue weighted by Crippen LogP contribution is 2.44. The van der Waals surface area contributed by atoms with Gasteiger partial charge >= 0.3 is 0 Å². The topological polar surface area (TPSA) is 46.3 Å². The minimum Gasteiger partial charge on any atom is -0.324 e. The number of hydrogen-bond donors (Lipinski definition) is 1. The molecule has 3 heteroatoms. The third kappa shape index (κ3) is 1.44. The van der Waals surface area contributed by atoms with Crippen LogP contribution in [-0.2, 0) is 4.79 Å². The Morgan fingerprint density at radius 1 is 1.45 bits per heavy atom. The third-order valence-corrected chi connectivity index (χ3v) is 2.68. The summed E-state index contributed by atoms with van der Waals surface area (Å²) in [7, 11) is 0. The fourth-order valence-electron chi connectivity index (χ4n) is 1.94. The monoisotopic (exact) mass is 154 g/mol. The van der Waals surface area contributed by atoms with Crippen molar-refractivity contribution < 1.29 is 4.79 Å². The van der Waals surface area contributed by atoms with Crippen molar-refractivity contribution in [3.05, 3.63) is 0 Å². The highest BCUT2D eigenvalue weighted by Gasteiger charge is 2.44. The largest absolute Gasteiger partial charge is 0.324 e. The molecule has 0 aromatic heterocycles. The molecule has 1 aliphatic heterocycles. The summed E-state index contributed by atoms with van der Waals surface area (Å²) in [5, 5.41) is 0. The lowest BCUT2D eigenvalue weighted by Crippen LogP contribution is -2.32. The normalized spacial score (nSPS) is 35.4. The van der Waals surface area contributed by atoms with Crippen LogP contribution in [-0.4, -0.2) is 36.9 Å². The molecule has 1 heterocycles. The average Bonchev–Trinajstić information content (AvgIpc) is 2.60. The number of carbonyl (C=O) groups is 1. The van der Waals surface area contributed by atoms with Gasteiger partial charge in [0.2, 0.25) is 0 Å². The van der Waals surface area contributed by atoms with Crippen molar-refractivity contribution in [1.29, 1.82) is 0 Å². The molecule has 3 nitrogen and oxygen atoms in total. The zero-order chi connectivity index (χ0) is 7.84. The van der Waals surface area contributed by atoms with Crippen LogP contribution in [0.15, 0.2) is 0 Å². The van der Waals surface area contributed by atoms with Gasteiger partial charge < -0.3 is 5.73 Å². The summed E-state index contributed by atoms with van der Waals surface area (Å²) in [6, 6.07) is 0. The number of likely N-dealkylation sites (tertiary alicyclic amines) is 1. The van der Waals surface area contributed by atoms with Crippen LogP contribution in [0.2, 0.25) is 0 Å². The van der Waals surface area contributed by atoms with Crippen LogP contribution < -0.4 is 5.73 Å².